The maximum absolute atomic E-state index is 12.2. The number of hydrogen-bond donors (Lipinski definition) is 2. The van der Waals surface area contributed by atoms with E-state index < -0.39 is 39.0 Å². The number of carbonyl (C=O) groups is 1. The van der Waals surface area contributed by atoms with Crippen LogP contribution in [0.4, 0.5) is 13.2 Å². The number of nitrogens with one attached hydrogen (secondary N) is 1. The highest BCUT2D eigenvalue weighted by Gasteiger charge is 2.32. The Kier molecular flexibility index (Phi) is 6.39. The van der Waals surface area contributed by atoms with Crippen LogP contribution in [-0.4, -0.2) is 31.9 Å². The van der Waals surface area contributed by atoms with E-state index in [2.05, 4.69) is 4.74 Å². The lowest BCUT2D eigenvalue weighted by atomic mass is 10.1. The highest BCUT2D eigenvalue weighted by atomic mass is 32.2. The largest absolute Gasteiger partial charge is 0.573 e. The minimum Gasteiger partial charge on any atom is -0.480 e. The number of rotatable bonds is 8. The lowest BCUT2D eigenvalue weighted by Gasteiger charge is -2.15. The standard InChI is InChI=1S/C13H16F3NO5S/c1-2-3-7-11(12(18)19)17-23(20,21)10-6-4-5-9(8-10)22-13(14,15)16/h4-6,8,11,17H,2-3,7H2,1H3,(H,18,19)/t11-/m0/s1. The summed E-state index contributed by atoms with van der Waals surface area (Å²) >= 11 is 0. The number of aliphatic carboxylic acids is 1. The summed E-state index contributed by atoms with van der Waals surface area (Å²) in [6, 6.07) is 2.38. The fourth-order valence-corrected chi connectivity index (χ4v) is 2.99. The summed E-state index contributed by atoms with van der Waals surface area (Å²) in [5.74, 6) is -2.06. The van der Waals surface area contributed by atoms with Crippen molar-refractivity contribution in [3.05, 3.63) is 24.3 Å². The molecule has 23 heavy (non-hydrogen) atoms. The first-order valence-corrected chi connectivity index (χ1v) is 8.14. The van der Waals surface area contributed by atoms with Gasteiger partial charge in [0.25, 0.3) is 0 Å². The molecule has 10 heteroatoms. The van der Waals surface area contributed by atoms with E-state index in [0.717, 1.165) is 18.2 Å². The Morgan fingerprint density at radius 2 is 2.04 bits per heavy atom. The number of carboxylic acid groups (broad SMARTS) is 1. The smallest absolute Gasteiger partial charge is 0.480 e. The average Bonchev–Trinajstić information content (AvgIpc) is 2.41. The maximum Gasteiger partial charge on any atom is 0.573 e. The van der Waals surface area contributed by atoms with Crippen molar-refractivity contribution in [3.8, 4) is 5.75 Å². The van der Waals surface area contributed by atoms with Crippen LogP contribution >= 0.6 is 0 Å². The van der Waals surface area contributed by atoms with Crippen molar-refractivity contribution in [2.45, 2.75) is 43.5 Å². The highest BCUT2D eigenvalue weighted by molar-refractivity contribution is 7.89. The van der Waals surface area contributed by atoms with E-state index in [1.165, 1.54) is 0 Å². The minimum atomic E-state index is -4.96. The molecule has 0 saturated heterocycles. The van der Waals surface area contributed by atoms with Gasteiger partial charge < -0.3 is 9.84 Å². The monoisotopic (exact) mass is 355 g/mol. The van der Waals surface area contributed by atoms with Crippen LogP contribution < -0.4 is 9.46 Å². The molecule has 0 heterocycles. The molecule has 0 fully saturated rings. The van der Waals surface area contributed by atoms with Gasteiger partial charge in [-0.1, -0.05) is 25.8 Å². The summed E-state index contributed by atoms with van der Waals surface area (Å²) < 4.78 is 66.3. The van der Waals surface area contributed by atoms with E-state index >= 15 is 0 Å². The zero-order chi connectivity index (χ0) is 17.7. The number of ether oxygens (including phenoxy) is 1. The summed E-state index contributed by atoms with van der Waals surface area (Å²) in [7, 11) is -4.29. The number of hydrogen-bond acceptors (Lipinski definition) is 4. The number of halogens is 3. The van der Waals surface area contributed by atoms with Crippen molar-refractivity contribution in [1.29, 1.82) is 0 Å². The van der Waals surface area contributed by atoms with Gasteiger partial charge in [-0.25, -0.2) is 8.42 Å². The van der Waals surface area contributed by atoms with E-state index in [4.69, 9.17) is 5.11 Å². The molecule has 1 rings (SSSR count). The number of unbranched alkanes of at least 4 members (excludes halogenated alkanes) is 1. The van der Waals surface area contributed by atoms with Crippen molar-refractivity contribution in [2.75, 3.05) is 0 Å². The minimum absolute atomic E-state index is 0.0732. The average molecular weight is 355 g/mol. The molecule has 0 saturated carbocycles. The zero-order valence-electron chi connectivity index (χ0n) is 12.1. The maximum atomic E-state index is 12.2. The Morgan fingerprint density at radius 3 is 2.57 bits per heavy atom. The summed E-state index contributed by atoms with van der Waals surface area (Å²) in [5.41, 5.74) is 0. The summed E-state index contributed by atoms with van der Waals surface area (Å²) in [6.07, 6.45) is -3.73. The molecule has 0 amide bonds. The van der Waals surface area contributed by atoms with Crippen LogP contribution in [0, 0.1) is 0 Å². The second-order valence-corrected chi connectivity index (χ2v) is 6.39. The van der Waals surface area contributed by atoms with Gasteiger partial charge in [0.1, 0.15) is 11.8 Å². The Bertz CT molecular complexity index is 645. The summed E-state index contributed by atoms with van der Waals surface area (Å²) in [6.45, 7) is 1.81. The van der Waals surface area contributed by atoms with Crippen molar-refractivity contribution < 1.29 is 36.2 Å². The van der Waals surface area contributed by atoms with Gasteiger partial charge in [-0.05, 0) is 18.6 Å². The molecule has 1 aromatic rings. The molecule has 2 N–H and O–H groups in total. The molecular weight excluding hydrogens is 339 g/mol. The van der Waals surface area contributed by atoms with E-state index in [1.807, 2.05) is 11.6 Å². The molecule has 0 aromatic heterocycles. The van der Waals surface area contributed by atoms with Crippen LogP contribution in [-0.2, 0) is 14.8 Å². The molecule has 0 aliphatic heterocycles. The second kappa shape index (κ2) is 7.64. The molecule has 6 nitrogen and oxygen atoms in total. The third-order valence-electron chi connectivity index (χ3n) is 2.79. The number of benzene rings is 1. The number of alkyl halides is 3. The lowest BCUT2D eigenvalue weighted by Crippen LogP contribution is -2.40. The fourth-order valence-electron chi connectivity index (χ4n) is 1.73. The number of carboxylic acids is 1. The fraction of sp³-hybridized carbons (Fsp3) is 0.462. The van der Waals surface area contributed by atoms with Gasteiger partial charge in [0.15, 0.2) is 0 Å². The van der Waals surface area contributed by atoms with Crippen LogP contribution in [0.5, 0.6) is 5.75 Å². The molecule has 1 atom stereocenters. The first kappa shape index (κ1) is 19.2. The third-order valence-corrected chi connectivity index (χ3v) is 4.26. The van der Waals surface area contributed by atoms with Crippen molar-refractivity contribution in [2.24, 2.45) is 0 Å². The third kappa shape index (κ3) is 6.45. The van der Waals surface area contributed by atoms with E-state index in [1.54, 1.807) is 0 Å². The molecule has 0 bridgehead atoms. The van der Waals surface area contributed by atoms with Crippen LogP contribution in [0.25, 0.3) is 0 Å². The van der Waals surface area contributed by atoms with Gasteiger partial charge in [-0.3, -0.25) is 4.79 Å². The Balaban J connectivity index is 2.99. The zero-order valence-corrected chi connectivity index (χ0v) is 12.9. The Morgan fingerprint density at radius 1 is 1.39 bits per heavy atom. The van der Waals surface area contributed by atoms with E-state index in [9.17, 15) is 26.4 Å². The molecule has 0 radical (unpaired) electrons. The van der Waals surface area contributed by atoms with Crippen LogP contribution in [0.1, 0.15) is 26.2 Å². The first-order valence-electron chi connectivity index (χ1n) is 6.66. The SMILES string of the molecule is CCCC[C@H](NS(=O)(=O)c1cccc(OC(F)(F)F)c1)C(=O)O. The van der Waals surface area contributed by atoms with Crippen molar-refractivity contribution in [1.82, 2.24) is 4.72 Å². The van der Waals surface area contributed by atoms with Crippen LogP contribution in [0.15, 0.2) is 29.2 Å². The predicted molar refractivity (Wildman–Crippen MR) is 74.4 cm³/mol. The Hall–Kier alpha value is -1.81. The van der Waals surface area contributed by atoms with Gasteiger partial charge in [0, 0.05) is 6.07 Å². The normalized spacial score (nSPS) is 13.6. The van der Waals surface area contributed by atoms with Crippen molar-refractivity contribution >= 4 is 16.0 Å². The van der Waals surface area contributed by atoms with Gasteiger partial charge in [-0.15, -0.1) is 13.2 Å². The first-order chi connectivity index (χ1) is 10.5. The predicted octanol–water partition coefficient (Wildman–Crippen LogP) is 2.51. The molecule has 0 unspecified atom stereocenters. The van der Waals surface area contributed by atoms with E-state index in [0.29, 0.717) is 18.9 Å². The number of sulfonamides is 1. The second-order valence-electron chi connectivity index (χ2n) is 4.68. The van der Waals surface area contributed by atoms with Gasteiger partial charge >= 0.3 is 12.3 Å². The quantitative estimate of drug-likeness (QED) is 0.747. The lowest BCUT2D eigenvalue weighted by molar-refractivity contribution is -0.274. The van der Waals surface area contributed by atoms with Gasteiger partial charge in [-0.2, -0.15) is 4.72 Å². The van der Waals surface area contributed by atoms with E-state index in [-0.39, 0.29) is 6.42 Å². The topological polar surface area (TPSA) is 92.7 Å². The van der Waals surface area contributed by atoms with Gasteiger partial charge in [0.05, 0.1) is 4.90 Å². The summed E-state index contributed by atoms with van der Waals surface area (Å²) in [4.78, 5) is 10.6. The van der Waals surface area contributed by atoms with Crippen LogP contribution in [0.3, 0.4) is 0 Å². The van der Waals surface area contributed by atoms with Crippen LogP contribution in [0.2, 0.25) is 0 Å². The molecule has 130 valence electrons. The highest BCUT2D eigenvalue weighted by Crippen LogP contribution is 2.25. The molecule has 0 aliphatic rings. The van der Waals surface area contributed by atoms with Gasteiger partial charge in [0.2, 0.25) is 10.0 Å². The van der Waals surface area contributed by atoms with Crippen molar-refractivity contribution in [3.63, 3.8) is 0 Å². The summed E-state index contributed by atoms with van der Waals surface area (Å²) in [5, 5.41) is 9.02. The molecule has 0 spiro atoms. The molecular formula is C13H16F3NO5S. The molecule has 1 aromatic carbocycles. The molecule has 0 aliphatic carbocycles. The Labute approximate surface area is 131 Å².